The summed E-state index contributed by atoms with van der Waals surface area (Å²) in [6, 6.07) is 0. The van der Waals surface area contributed by atoms with Gasteiger partial charge in [0.1, 0.15) is 0 Å². The van der Waals surface area contributed by atoms with Crippen LogP contribution in [0.4, 0.5) is 4.39 Å². The number of allylic oxidation sites excluding steroid dienone is 2. The Bertz CT molecular complexity index is 514. The van der Waals surface area contributed by atoms with Crippen molar-refractivity contribution in [2.24, 2.45) is 28.6 Å². The summed E-state index contributed by atoms with van der Waals surface area (Å²) in [6.45, 7) is 4.17. The Morgan fingerprint density at radius 1 is 1.18 bits per heavy atom. The van der Waals surface area contributed by atoms with Gasteiger partial charge in [-0.3, -0.25) is 0 Å². The molecule has 0 spiro atoms. The molecule has 0 aromatic carbocycles. The highest BCUT2D eigenvalue weighted by Gasteiger charge is 2.68. The van der Waals surface area contributed by atoms with Gasteiger partial charge in [0.2, 0.25) is 5.85 Å². The zero-order valence-electron chi connectivity index (χ0n) is 13.8. The summed E-state index contributed by atoms with van der Waals surface area (Å²) in [6.07, 6.45) is 9.12. The summed E-state index contributed by atoms with van der Waals surface area (Å²) in [5, 5.41) is 21.1. The second-order valence-corrected chi connectivity index (χ2v) is 8.79. The molecule has 2 nitrogen and oxygen atoms in total. The van der Waals surface area contributed by atoms with Crippen LogP contribution in [0.3, 0.4) is 0 Å². The maximum Gasteiger partial charge on any atom is 0.214 e. The molecule has 0 saturated heterocycles. The summed E-state index contributed by atoms with van der Waals surface area (Å²) in [5.41, 5.74) is 0.810. The van der Waals surface area contributed by atoms with Crippen LogP contribution in [-0.4, -0.2) is 22.2 Å². The Hall–Kier alpha value is -0.410. The Balaban J connectivity index is 1.74. The maximum atomic E-state index is 14.8. The number of hydrogen-bond donors (Lipinski definition) is 2. The van der Waals surface area contributed by atoms with Crippen LogP contribution in [0, 0.1) is 28.6 Å². The van der Waals surface area contributed by atoms with Crippen molar-refractivity contribution >= 4 is 0 Å². The molecule has 3 heteroatoms. The van der Waals surface area contributed by atoms with Crippen LogP contribution in [0.2, 0.25) is 0 Å². The van der Waals surface area contributed by atoms with E-state index in [1.165, 1.54) is 19.3 Å². The first-order chi connectivity index (χ1) is 10.3. The number of aliphatic hydroxyl groups is 2. The molecule has 0 bridgehead atoms. The van der Waals surface area contributed by atoms with Gasteiger partial charge in [-0.1, -0.05) is 25.5 Å². The van der Waals surface area contributed by atoms with Crippen LogP contribution in [0.25, 0.3) is 0 Å². The van der Waals surface area contributed by atoms with E-state index in [1.807, 2.05) is 0 Å². The van der Waals surface area contributed by atoms with E-state index in [4.69, 9.17) is 0 Å². The van der Waals surface area contributed by atoms with Gasteiger partial charge in [-0.05, 0) is 68.1 Å². The topological polar surface area (TPSA) is 40.5 Å². The van der Waals surface area contributed by atoms with Gasteiger partial charge in [0.25, 0.3) is 0 Å². The highest BCUT2D eigenvalue weighted by atomic mass is 19.2. The molecule has 0 heterocycles. The van der Waals surface area contributed by atoms with Crippen molar-refractivity contribution in [3.8, 4) is 0 Å². The third kappa shape index (κ3) is 1.67. The zero-order chi connectivity index (χ0) is 15.8. The highest BCUT2D eigenvalue weighted by Crippen LogP contribution is 2.67. The Kier molecular flexibility index (Phi) is 3.14. The summed E-state index contributed by atoms with van der Waals surface area (Å²) in [5.74, 6) is -1.17. The molecule has 3 fully saturated rings. The zero-order valence-corrected chi connectivity index (χ0v) is 13.8. The monoisotopic (exact) mass is 308 g/mol. The minimum absolute atomic E-state index is 0.122. The number of fused-ring (bicyclic) bond motifs is 5. The van der Waals surface area contributed by atoms with Gasteiger partial charge < -0.3 is 10.2 Å². The van der Waals surface area contributed by atoms with Crippen molar-refractivity contribution in [1.29, 1.82) is 0 Å². The van der Waals surface area contributed by atoms with Crippen molar-refractivity contribution in [3.05, 3.63) is 11.6 Å². The van der Waals surface area contributed by atoms with Gasteiger partial charge in [-0.25, -0.2) is 4.39 Å². The van der Waals surface area contributed by atoms with Gasteiger partial charge in [-0.2, -0.15) is 0 Å². The van der Waals surface area contributed by atoms with Crippen LogP contribution < -0.4 is 0 Å². The predicted octanol–water partition coefficient (Wildman–Crippen LogP) is 3.97. The molecule has 0 amide bonds. The fraction of sp³-hybridized carbons (Fsp3) is 0.895. The number of aliphatic hydroxyl groups excluding tert-OH is 1. The third-order valence-corrected chi connectivity index (χ3v) is 8.18. The molecule has 4 aliphatic rings. The van der Waals surface area contributed by atoms with Gasteiger partial charge in [0, 0.05) is 6.42 Å². The van der Waals surface area contributed by atoms with Crippen molar-refractivity contribution in [3.63, 3.8) is 0 Å². The number of alkyl halides is 1. The lowest BCUT2D eigenvalue weighted by Gasteiger charge is -2.59. The van der Waals surface area contributed by atoms with Gasteiger partial charge in [-0.15, -0.1) is 0 Å². The van der Waals surface area contributed by atoms with Crippen molar-refractivity contribution in [2.75, 3.05) is 0 Å². The Morgan fingerprint density at radius 3 is 2.73 bits per heavy atom. The molecule has 0 aliphatic heterocycles. The lowest BCUT2D eigenvalue weighted by atomic mass is 9.46. The average Bonchev–Trinajstić information content (AvgIpc) is 2.72. The molecule has 7 atom stereocenters. The molecular formula is C19H29FO2. The standard InChI is InChI=1S/C19H29FO2/c1-17-9-4-3-5-12(17)6-7-13-14-8-10-19(20,22)18(14,2)16(21)11-15(13)17/h5,13-16,21-22H,3-4,6-11H2,1-2H3/t13-,14-,15+,16?,17-,18+,19?/m0/s1. The van der Waals surface area contributed by atoms with Crippen LogP contribution in [-0.2, 0) is 0 Å². The predicted molar refractivity (Wildman–Crippen MR) is 83.8 cm³/mol. The van der Waals surface area contributed by atoms with Crippen molar-refractivity contribution < 1.29 is 14.6 Å². The maximum absolute atomic E-state index is 14.8. The van der Waals surface area contributed by atoms with E-state index in [0.29, 0.717) is 18.3 Å². The van der Waals surface area contributed by atoms with E-state index in [-0.39, 0.29) is 17.8 Å². The lowest BCUT2D eigenvalue weighted by Crippen LogP contribution is -2.59. The summed E-state index contributed by atoms with van der Waals surface area (Å²) >= 11 is 0. The second kappa shape index (κ2) is 4.57. The molecule has 3 saturated carbocycles. The first kappa shape index (κ1) is 15.1. The van der Waals surface area contributed by atoms with Gasteiger partial charge in [0.15, 0.2) is 0 Å². The molecule has 0 radical (unpaired) electrons. The quantitative estimate of drug-likeness (QED) is 0.665. The van der Waals surface area contributed by atoms with Crippen molar-refractivity contribution in [2.45, 2.75) is 77.2 Å². The van der Waals surface area contributed by atoms with E-state index >= 15 is 0 Å². The van der Waals surface area contributed by atoms with Gasteiger partial charge in [0.05, 0.1) is 11.5 Å². The average molecular weight is 308 g/mol. The van der Waals surface area contributed by atoms with Crippen LogP contribution >= 0.6 is 0 Å². The fourth-order valence-corrected chi connectivity index (χ4v) is 6.71. The van der Waals surface area contributed by atoms with E-state index < -0.39 is 17.4 Å². The summed E-state index contributed by atoms with van der Waals surface area (Å²) < 4.78 is 14.8. The van der Waals surface area contributed by atoms with Crippen LogP contribution in [0.15, 0.2) is 11.6 Å². The number of halogens is 1. The molecule has 4 aliphatic carbocycles. The van der Waals surface area contributed by atoms with Crippen LogP contribution in [0.1, 0.15) is 65.2 Å². The molecule has 0 aromatic rings. The minimum Gasteiger partial charge on any atom is -0.392 e. The molecular weight excluding hydrogens is 279 g/mol. The molecule has 124 valence electrons. The Labute approximate surface area is 132 Å². The molecule has 22 heavy (non-hydrogen) atoms. The second-order valence-electron chi connectivity index (χ2n) is 8.79. The lowest BCUT2D eigenvalue weighted by molar-refractivity contribution is -0.240. The molecule has 0 aromatic heterocycles. The normalized spacial score (nSPS) is 57.6. The van der Waals surface area contributed by atoms with Gasteiger partial charge >= 0.3 is 0 Å². The third-order valence-electron chi connectivity index (χ3n) is 8.18. The van der Waals surface area contributed by atoms with E-state index in [9.17, 15) is 14.6 Å². The smallest absolute Gasteiger partial charge is 0.214 e. The van der Waals surface area contributed by atoms with E-state index in [1.54, 1.807) is 12.5 Å². The highest BCUT2D eigenvalue weighted by molar-refractivity contribution is 5.25. The van der Waals surface area contributed by atoms with E-state index in [2.05, 4.69) is 13.0 Å². The first-order valence-corrected chi connectivity index (χ1v) is 9.09. The molecule has 2 unspecified atom stereocenters. The summed E-state index contributed by atoms with van der Waals surface area (Å²) in [7, 11) is 0. The minimum atomic E-state index is -2.20. The number of rotatable bonds is 0. The Morgan fingerprint density at radius 2 is 1.95 bits per heavy atom. The van der Waals surface area contributed by atoms with E-state index in [0.717, 1.165) is 19.3 Å². The molecule has 2 N–H and O–H groups in total. The van der Waals surface area contributed by atoms with Crippen molar-refractivity contribution in [1.82, 2.24) is 0 Å². The summed E-state index contributed by atoms with van der Waals surface area (Å²) in [4.78, 5) is 0. The fourth-order valence-electron chi connectivity index (χ4n) is 6.71. The first-order valence-electron chi connectivity index (χ1n) is 9.09. The van der Waals surface area contributed by atoms with Crippen LogP contribution in [0.5, 0.6) is 0 Å². The number of hydrogen-bond acceptors (Lipinski definition) is 2. The SMILES string of the molecule is C[C@]12CCCC=C1CC[C@@H]1[C@H]2CC(O)[C@@]2(C)[C@H]1CCC2(O)F. The molecule has 4 rings (SSSR count). The largest absolute Gasteiger partial charge is 0.392 e.